The molecule has 3 nitrogen and oxygen atoms in total. The Morgan fingerprint density at radius 3 is 2.47 bits per heavy atom. The van der Waals surface area contributed by atoms with Gasteiger partial charge in [-0.15, -0.1) is 0 Å². The van der Waals surface area contributed by atoms with Crippen molar-refractivity contribution in [2.75, 3.05) is 5.32 Å². The topological polar surface area (TPSA) is 55.1 Å². The molecule has 0 heterocycles. The van der Waals surface area contributed by atoms with Gasteiger partial charge >= 0.3 is 0 Å². The number of halogens is 3. The van der Waals surface area contributed by atoms with Crippen LogP contribution >= 0.6 is 15.9 Å². The molecular weight excluding hydrogens is 318 g/mol. The highest BCUT2D eigenvalue weighted by atomic mass is 79.9. The maximum atomic E-state index is 13.5. The SMILES string of the molecule is NC1CCC(C(=O)Nc2cc(Br)c(F)cc2F)CC1. The van der Waals surface area contributed by atoms with E-state index < -0.39 is 11.6 Å². The van der Waals surface area contributed by atoms with E-state index >= 15 is 0 Å². The third-order valence-electron chi connectivity index (χ3n) is 3.41. The highest BCUT2D eigenvalue weighted by Gasteiger charge is 2.25. The molecule has 0 unspecified atom stereocenters. The van der Waals surface area contributed by atoms with Crippen LogP contribution in [0.3, 0.4) is 0 Å². The Hall–Kier alpha value is -1.01. The van der Waals surface area contributed by atoms with Crippen molar-refractivity contribution < 1.29 is 13.6 Å². The summed E-state index contributed by atoms with van der Waals surface area (Å²) < 4.78 is 26.7. The van der Waals surface area contributed by atoms with E-state index in [9.17, 15) is 13.6 Å². The molecule has 0 spiro atoms. The maximum Gasteiger partial charge on any atom is 0.227 e. The molecule has 0 aliphatic heterocycles. The number of amides is 1. The molecule has 0 aromatic heterocycles. The average molecular weight is 333 g/mol. The van der Waals surface area contributed by atoms with Gasteiger partial charge < -0.3 is 11.1 Å². The van der Waals surface area contributed by atoms with Gasteiger partial charge in [0, 0.05) is 18.0 Å². The van der Waals surface area contributed by atoms with E-state index in [0.717, 1.165) is 18.9 Å². The zero-order valence-electron chi connectivity index (χ0n) is 10.3. The molecule has 1 aliphatic carbocycles. The lowest BCUT2D eigenvalue weighted by atomic mass is 9.86. The van der Waals surface area contributed by atoms with Crippen LogP contribution in [0, 0.1) is 17.6 Å². The van der Waals surface area contributed by atoms with E-state index in [1.165, 1.54) is 6.07 Å². The predicted octanol–water partition coefficient (Wildman–Crippen LogP) is 3.18. The van der Waals surface area contributed by atoms with E-state index in [1.54, 1.807) is 0 Å². The molecule has 0 bridgehead atoms. The van der Waals surface area contributed by atoms with Crippen molar-refractivity contribution in [1.29, 1.82) is 0 Å². The molecular formula is C13H15BrF2N2O. The van der Waals surface area contributed by atoms with Gasteiger partial charge in [0.1, 0.15) is 11.6 Å². The van der Waals surface area contributed by atoms with Crippen LogP contribution in [-0.4, -0.2) is 11.9 Å². The van der Waals surface area contributed by atoms with Crippen LogP contribution in [-0.2, 0) is 4.79 Å². The van der Waals surface area contributed by atoms with Crippen LogP contribution < -0.4 is 11.1 Å². The van der Waals surface area contributed by atoms with Crippen LogP contribution in [0.4, 0.5) is 14.5 Å². The summed E-state index contributed by atoms with van der Waals surface area (Å²) in [6.07, 6.45) is 3.01. The van der Waals surface area contributed by atoms with E-state index in [4.69, 9.17) is 5.73 Å². The van der Waals surface area contributed by atoms with Crippen LogP contribution in [0.1, 0.15) is 25.7 Å². The molecule has 1 amide bonds. The Balaban J connectivity index is 2.05. The normalized spacial score (nSPS) is 23.2. The quantitative estimate of drug-likeness (QED) is 0.817. The van der Waals surface area contributed by atoms with E-state index in [-0.39, 0.29) is 28.0 Å². The predicted molar refractivity (Wildman–Crippen MR) is 72.6 cm³/mol. The lowest BCUT2D eigenvalue weighted by Gasteiger charge is -2.25. The van der Waals surface area contributed by atoms with Crippen LogP contribution in [0.15, 0.2) is 16.6 Å². The Morgan fingerprint density at radius 1 is 1.21 bits per heavy atom. The Morgan fingerprint density at radius 2 is 1.84 bits per heavy atom. The lowest BCUT2D eigenvalue weighted by Crippen LogP contribution is -2.32. The second-order valence-electron chi connectivity index (χ2n) is 4.85. The zero-order valence-corrected chi connectivity index (χ0v) is 11.8. The summed E-state index contributed by atoms with van der Waals surface area (Å²) in [5.41, 5.74) is 5.76. The Bertz CT molecular complexity index is 488. The third kappa shape index (κ3) is 3.51. The molecule has 1 saturated carbocycles. The molecule has 0 radical (unpaired) electrons. The summed E-state index contributed by atoms with van der Waals surface area (Å²) in [6.45, 7) is 0. The molecule has 0 atom stereocenters. The number of rotatable bonds is 2. The van der Waals surface area contributed by atoms with Gasteiger partial charge in [-0.3, -0.25) is 4.79 Å². The first-order chi connectivity index (χ1) is 8.97. The van der Waals surface area contributed by atoms with Crippen LogP contribution in [0.25, 0.3) is 0 Å². The fraction of sp³-hybridized carbons (Fsp3) is 0.462. The Labute approximate surface area is 118 Å². The van der Waals surface area contributed by atoms with Gasteiger partial charge in [-0.25, -0.2) is 8.78 Å². The second-order valence-corrected chi connectivity index (χ2v) is 5.70. The molecule has 104 valence electrons. The number of hydrogen-bond donors (Lipinski definition) is 2. The third-order valence-corrected chi connectivity index (χ3v) is 4.02. The molecule has 1 aromatic carbocycles. The summed E-state index contributed by atoms with van der Waals surface area (Å²) >= 11 is 2.96. The minimum atomic E-state index is -0.776. The van der Waals surface area contributed by atoms with E-state index in [2.05, 4.69) is 21.2 Å². The number of benzene rings is 1. The summed E-state index contributed by atoms with van der Waals surface area (Å²) in [5, 5.41) is 2.51. The highest BCUT2D eigenvalue weighted by Crippen LogP contribution is 2.27. The maximum absolute atomic E-state index is 13.5. The fourth-order valence-corrected chi connectivity index (χ4v) is 2.58. The lowest BCUT2D eigenvalue weighted by molar-refractivity contribution is -0.120. The van der Waals surface area contributed by atoms with Crippen molar-refractivity contribution in [2.24, 2.45) is 11.7 Å². The molecule has 3 N–H and O–H groups in total. The van der Waals surface area contributed by atoms with Crippen molar-refractivity contribution in [3.8, 4) is 0 Å². The summed E-state index contributed by atoms with van der Waals surface area (Å²) in [6, 6.07) is 2.13. The summed E-state index contributed by atoms with van der Waals surface area (Å²) in [4.78, 5) is 12.0. The number of nitrogens with two attached hydrogens (primary N) is 1. The van der Waals surface area contributed by atoms with Crippen molar-refractivity contribution in [3.05, 3.63) is 28.2 Å². The Kier molecular flexibility index (Phi) is 4.52. The van der Waals surface area contributed by atoms with Gasteiger partial charge in [0.2, 0.25) is 5.91 Å². The monoisotopic (exact) mass is 332 g/mol. The first-order valence-electron chi connectivity index (χ1n) is 6.18. The molecule has 1 fully saturated rings. The minimum absolute atomic E-state index is 0.00635. The molecule has 0 saturated heterocycles. The first-order valence-corrected chi connectivity index (χ1v) is 6.97. The van der Waals surface area contributed by atoms with Gasteiger partial charge in [0.25, 0.3) is 0 Å². The van der Waals surface area contributed by atoms with Crippen molar-refractivity contribution in [1.82, 2.24) is 0 Å². The summed E-state index contributed by atoms with van der Waals surface area (Å²) in [7, 11) is 0. The molecule has 19 heavy (non-hydrogen) atoms. The summed E-state index contributed by atoms with van der Waals surface area (Å²) in [5.74, 6) is -1.85. The van der Waals surface area contributed by atoms with Crippen molar-refractivity contribution >= 4 is 27.5 Å². The minimum Gasteiger partial charge on any atom is -0.328 e. The van der Waals surface area contributed by atoms with Gasteiger partial charge in [-0.2, -0.15) is 0 Å². The van der Waals surface area contributed by atoms with Gasteiger partial charge in [-0.1, -0.05) is 0 Å². The number of hydrogen-bond acceptors (Lipinski definition) is 2. The number of carbonyl (C=O) groups excluding carboxylic acids is 1. The largest absolute Gasteiger partial charge is 0.328 e. The molecule has 2 rings (SSSR count). The van der Waals surface area contributed by atoms with Crippen molar-refractivity contribution in [3.63, 3.8) is 0 Å². The molecule has 1 aliphatic rings. The highest BCUT2D eigenvalue weighted by molar-refractivity contribution is 9.10. The second kappa shape index (κ2) is 5.96. The number of nitrogens with one attached hydrogen (secondary N) is 1. The van der Waals surface area contributed by atoms with E-state index in [0.29, 0.717) is 12.8 Å². The van der Waals surface area contributed by atoms with Gasteiger partial charge in [-0.05, 0) is 47.7 Å². The number of carbonyl (C=O) groups is 1. The fourth-order valence-electron chi connectivity index (χ4n) is 2.23. The zero-order chi connectivity index (χ0) is 14.0. The molecule has 6 heteroatoms. The first kappa shape index (κ1) is 14.4. The van der Waals surface area contributed by atoms with Crippen molar-refractivity contribution in [2.45, 2.75) is 31.7 Å². The van der Waals surface area contributed by atoms with Crippen LogP contribution in [0.5, 0.6) is 0 Å². The molecule has 1 aromatic rings. The standard InChI is InChI=1S/C13H15BrF2N2O/c14-9-5-12(11(16)6-10(9)15)18-13(19)7-1-3-8(17)4-2-7/h5-8H,1-4,17H2,(H,18,19). The van der Waals surface area contributed by atoms with Gasteiger partial charge in [0.15, 0.2) is 0 Å². The number of anilines is 1. The van der Waals surface area contributed by atoms with E-state index in [1.807, 2.05) is 0 Å². The average Bonchev–Trinajstić information content (AvgIpc) is 2.36. The van der Waals surface area contributed by atoms with Crippen LogP contribution in [0.2, 0.25) is 0 Å². The van der Waals surface area contributed by atoms with Gasteiger partial charge in [0.05, 0.1) is 10.2 Å². The smallest absolute Gasteiger partial charge is 0.227 e.